The first-order valence-corrected chi connectivity index (χ1v) is 7.64. The van der Waals surface area contributed by atoms with Crippen molar-refractivity contribution < 1.29 is 4.79 Å². The summed E-state index contributed by atoms with van der Waals surface area (Å²) in [4.78, 5) is 12.0. The number of benzene rings is 1. The van der Waals surface area contributed by atoms with E-state index >= 15 is 0 Å². The number of anilines is 1. The smallest absolute Gasteiger partial charge is 0.252 e. The minimum Gasteiger partial charge on any atom is -0.307 e. The Bertz CT molecular complexity index is 644. The van der Waals surface area contributed by atoms with Crippen LogP contribution in [0.25, 0.3) is 0 Å². The van der Waals surface area contributed by atoms with Gasteiger partial charge in [-0.2, -0.15) is 5.10 Å². The first kappa shape index (κ1) is 15.5. The Morgan fingerprint density at radius 3 is 2.71 bits per heavy atom. The third kappa shape index (κ3) is 4.29. The maximum absolute atomic E-state index is 12.0. The first-order chi connectivity index (χ1) is 10.1. The molecule has 2 aromatic rings. The molecule has 0 bridgehead atoms. The third-order valence-corrected chi connectivity index (χ3v) is 3.60. The van der Waals surface area contributed by atoms with Crippen molar-refractivity contribution in [3.8, 4) is 0 Å². The molecule has 1 amide bonds. The van der Waals surface area contributed by atoms with Crippen LogP contribution in [0.4, 0.5) is 5.82 Å². The topological polar surface area (TPSA) is 46.9 Å². The number of hydrogen-bond acceptors (Lipinski definition) is 2. The molecule has 0 aliphatic rings. The fourth-order valence-corrected chi connectivity index (χ4v) is 2.21. The Labute approximate surface area is 133 Å². The lowest BCUT2D eigenvalue weighted by molar-refractivity contribution is -0.112. The van der Waals surface area contributed by atoms with Gasteiger partial charge in [0, 0.05) is 16.1 Å². The van der Waals surface area contributed by atoms with E-state index in [2.05, 4.69) is 26.3 Å². The van der Waals surface area contributed by atoms with Crippen LogP contribution in [0.15, 0.2) is 52.7 Å². The highest BCUT2D eigenvalue weighted by Gasteiger charge is 2.09. The summed E-state index contributed by atoms with van der Waals surface area (Å²) in [5.74, 6) is 0.612. The molecule has 1 aromatic carbocycles. The van der Waals surface area contributed by atoms with Crippen molar-refractivity contribution >= 4 is 27.7 Å². The largest absolute Gasteiger partial charge is 0.307 e. The summed E-state index contributed by atoms with van der Waals surface area (Å²) in [7, 11) is 0. The molecule has 110 valence electrons. The molecule has 0 fully saturated rings. The fourth-order valence-electron chi connectivity index (χ4n) is 1.94. The molecule has 21 heavy (non-hydrogen) atoms. The lowest BCUT2D eigenvalue weighted by Gasteiger charge is -2.09. The molecule has 0 radical (unpaired) electrons. The van der Waals surface area contributed by atoms with Gasteiger partial charge in [-0.15, -0.1) is 0 Å². The van der Waals surface area contributed by atoms with Crippen molar-refractivity contribution in [1.29, 1.82) is 0 Å². The maximum atomic E-state index is 12.0. The summed E-state index contributed by atoms with van der Waals surface area (Å²) in [6.45, 7) is 4.44. The lowest BCUT2D eigenvalue weighted by atomic mass is 10.2. The van der Waals surface area contributed by atoms with Crippen LogP contribution in [-0.2, 0) is 11.3 Å². The molecule has 4 nitrogen and oxygen atoms in total. The molecule has 0 aliphatic heterocycles. The van der Waals surface area contributed by atoms with E-state index in [1.165, 1.54) is 0 Å². The molecular formula is C16H18BrN3O. The van der Waals surface area contributed by atoms with Gasteiger partial charge in [0.25, 0.3) is 5.91 Å². The van der Waals surface area contributed by atoms with E-state index in [0.29, 0.717) is 17.9 Å². The average Bonchev–Trinajstić information content (AvgIpc) is 2.89. The van der Waals surface area contributed by atoms with Gasteiger partial charge in [0.2, 0.25) is 0 Å². The van der Waals surface area contributed by atoms with Gasteiger partial charge in [-0.3, -0.25) is 4.79 Å². The fraction of sp³-hybridized carbons (Fsp3) is 0.250. The first-order valence-electron chi connectivity index (χ1n) is 6.84. The third-order valence-electron chi connectivity index (χ3n) is 3.07. The van der Waals surface area contributed by atoms with Crippen molar-refractivity contribution in [2.24, 2.45) is 0 Å². The van der Waals surface area contributed by atoms with E-state index in [4.69, 9.17) is 0 Å². The Balaban J connectivity index is 2.10. The van der Waals surface area contributed by atoms with Crippen LogP contribution in [-0.4, -0.2) is 15.7 Å². The van der Waals surface area contributed by atoms with Crippen LogP contribution in [0, 0.1) is 0 Å². The van der Waals surface area contributed by atoms with Gasteiger partial charge in [-0.05, 0) is 31.0 Å². The number of halogens is 1. The molecule has 1 heterocycles. The molecule has 5 heteroatoms. The number of carbonyl (C=O) groups is 1. The maximum Gasteiger partial charge on any atom is 0.252 e. The van der Waals surface area contributed by atoms with E-state index in [1.807, 2.05) is 44.2 Å². The molecule has 0 saturated carbocycles. The second kappa shape index (κ2) is 7.22. The summed E-state index contributed by atoms with van der Waals surface area (Å²) in [6.07, 6.45) is 4.44. The molecule has 2 rings (SSSR count). The number of nitrogens with zero attached hydrogens (tertiary/aromatic N) is 2. The standard InChI is InChI=1S/C16H18BrN3O/c1-3-4-12(2)16(21)19-15-9-10-18-20(15)11-13-5-7-14(17)8-6-13/h4-10H,3,11H2,1-2H3,(H,19,21). The van der Waals surface area contributed by atoms with Gasteiger partial charge in [-0.1, -0.05) is 41.1 Å². The molecule has 0 saturated heterocycles. The van der Waals surface area contributed by atoms with Crippen molar-refractivity contribution in [2.75, 3.05) is 5.32 Å². The monoisotopic (exact) mass is 347 g/mol. The minimum atomic E-state index is -0.0885. The predicted octanol–water partition coefficient (Wildman–Crippen LogP) is 3.99. The van der Waals surface area contributed by atoms with E-state index in [9.17, 15) is 4.79 Å². The highest BCUT2D eigenvalue weighted by atomic mass is 79.9. The second-order valence-electron chi connectivity index (χ2n) is 4.75. The van der Waals surface area contributed by atoms with Gasteiger partial charge < -0.3 is 5.32 Å². The van der Waals surface area contributed by atoms with Gasteiger partial charge in [-0.25, -0.2) is 4.68 Å². The Morgan fingerprint density at radius 1 is 1.33 bits per heavy atom. The van der Waals surface area contributed by atoms with Crippen LogP contribution in [0.3, 0.4) is 0 Å². The summed E-state index contributed by atoms with van der Waals surface area (Å²) in [5.41, 5.74) is 1.84. The van der Waals surface area contributed by atoms with Crippen LogP contribution >= 0.6 is 15.9 Å². The summed E-state index contributed by atoms with van der Waals surface area (Å²) in [5, 5.41) is 7.15. The van der Waals surface area contributed by atoms with Crippen molar-refractivity contribution in [2.45, 2.75) is 26.8 Å². The van der Waals surface area contributed by atoms with Crippen LogP contribution in [0.2, 0.25) is 0 Å². The Morgan fingerprint density at radius 2 is 2.05 bits per heavy atom. The second-order valence-corrected chi connectivity index (χ2v) is 5.67. The highest BCUT2D eigenvalue weighted by Crippen LogP contribution is 2.14. The zero-order chi connectivity index (χ0) is 15.2. The number of carbonyl (C=O) groups excluding carboxylic acids is 1. The quantitative estimate of drug-likeness (QED) is 0.831. The highest BCUT2D eigenvalue weighted by molar-refractivity contribution is 9.10. The van der Waals surface area contributed by atoms with E-state index in [1.54, 1.807) is 16.9 Å². The number of aromatic nitrogens is 2. The minimum absolute atomic E-state index is 0.0885. The predicted molar refractivity (Wildman–Crippen MR) is 88.1 cm³/mol. The van der Waals surface area contributed by atoms with Gasteiger partial charge in [0.15, 0.2) is 0 Å². The zero-order valence-electron chi connectivity index (χ0n) is 12.1. The van der Waals surface area contributed by atoms with E-state index in [0.717, 1.165) is 16.5 Å². The van der Waals surface area contributed by atoms with Crippen molar-refractivity contribution in [3.63, 3.8) is 0 Å². The Kier molecular flexibility index (Phi) is 5.33. The number of amides is 1. The van der Waals surface area contributed by atoms with Crippen LogP contribution < -0.4 is 5.32 Å². The average molecular weight is 348 g/mol. The summed E-state index contributed by atoms with van der Waals surface area (Å²) >= 11 is 3.42. The van der Waals surface area contributed by atoms with Gasteiger partial charge >= 0.3 is 0 Å². The molecule has 1 aromatic heterocycles. The van der Waals surface area contributed by atoms with Crippen LogP contribution in [0.5, 0.6) is 0 Å². The van der Waals surface area contributed by atoms with E-state index < -0.39 is 0 Å². The molecule has 0 aliphatic carbocycles. The number of hydrogen-bond donors (Lipinski definition) is 1. The molecule has 0 unspecified atom stereocenters. The Hall–Kier alpha value is -1.88. The number of allylic oxidation sites excluding steroid dienone is 1. The molecule has 0 spiro atoms. The lowest BCUT2D eigenvalue weighted by Crippen LogP contribution is -2.16. The SMILES string of the molecule is CCC=C(C)C(=O)Nc1ccnn1Cc1ccc(Br)cc1. The van der Waals surface area contributed by atoms with Gasteiger partial charge in [0.05, 0.1) is 12.7 Å². The molecule has 1 N–H and O–H groups in total. The number of rotatable bonds is 5. The normalized spacial score (nSPS) is 11.5. The van der Waals surface area contributed by atoms with Crippen molar-refractivity contribution in [3.05, 3.63) is 58.2 Å². The summed E-state index contributed by atoms with van der Waals surface area (Å²) < 4.78 is 2.82. The summed E-state index contributed by atoms with van der Waals surface area (Å²) in [6, 6.07) is 9.84. The van der Waals surface area contributed by atoms with E-state index in [-0.39, 0.29) is 5.91 Å². The van der Waals surface area contributed by atoms with Crippen molar-refractivity contribution in [1.82, 2.24) is 9.78 Å². The molecule has 0 atom stereocenters. The zero-order valence-corrected chi connectivity index (χ0v) is 13.7. The number of nitrogens with one attached hydrogen (secondary N) is 1. The van der Waals surface area contributed by atoms with Gasteiger partial charge in [0.1, 0.15) is 5.82 Å². The van der Waals surface area contributed by atoms with Crippen LogP contribution in [0.1, 0.15) is 25.8 Å². The molecular weight excluding hydrogens is 330 g/mol.